The maximum atomic E-state index is 4.34. The first kappa shape index (κ1) is 7.74. The van der Waals surface area contributed by atoms with Gasteiger partial charge in [0.15, 0.2) is 0 Å². The molecule has 12 heavy (non-hydrogen) atoms. The Morgan fingerprint density at radius 2 is 1.92 bits per heavy atom. The zero-order chi connectivity index (χ0) is 8.72. The number of fused-ring (bicyclic) bond motifs is 1. The second-order valence-electron chi connectivity index (χ2n) is 3.23. The monoisotopic (exact) mass is 177 g/mol. The van der Waals surface area contributed by atoms with Gasteiger partial charge in [0.1, 0.15) is 0 Å². The molecular weight excluding hydrogens is 166 g/mol. The van der Waals surface area contributed by atoms with Crippen molar-refractivity contribution >= 4 is 21.6 Å². The average Bonchev–Trinajstić information content (AvgIpc) is 2.33. The molecule has 0 spiro atoms. The largest absolute Gasteiger partial charge is 0.197 e. The lowest BCUT2D eigenvalue weighted by Crippen LogP contribution is -1.77. The van der Waals surface area contributed by atoms with Crippen LogP contribution in [0.15, 0.2) is 12.1 Å². The number of nitrogens with zero attached hydrogens (tertiary/aromatic N) is 1. The Hall–Kier alpha value is -0.890. The van der Waals surface area contributed by atoms with Crippen LogP contribution in [0.4, 0.5) is 0 Å². The van der Waals surface area contributed by atoms with Gasteiger partial charge in [-0.05, 0) is 43.9 Å². The fraction of sp³-hybridized carbons (Fsp3) is 0.300. The van der Waals surface area contributed by atoms with Crippen LogP contribution < -0.4 is 0 Å². The van der Waals surface area contributed by atoms with Crippen molar-refractivity contribution in [2.45, 2.75) is 20.8 Å². The van der Waals surface area contributed by atoms with Gasteiger partial charge in [-0.15, -0.1) is 0 Å². The van der Waals surface area contributed by atoms with Gasteiger partial charge in [-0.3, -0.25) is 0 Å². The molecule has 1 nitrogen and oxygen atoms in total. The number of rotatable bonds is 0. The van der Waals surface area contributed by atoms with Gasteiger partial charge in [0.05, 0.1) is 10.4 Å². The van der Waals surface area contributed by atoms with Crippen LogP contribution in [-0.4, -0.2) is 4.37 Å². The van der Waals surface area contributed by atoms with Gasteiger partial charge in [-0.1, -0.05) is 11.6 Å². The smallest absolute Gasteiger partial charge is 0.0590 e. The molecule has 0 N–H and O–H groups in total. The van der Waals surface area contributed by atoms with E-state index in [4.69, 9.17) is 0 Å². The lowest BCUT2D eigenvalue weighted by Gasteiger charge is -1.97. The van der Waals surface area contributed by atoms with E-state index in [2.05, 4.69) is 37.3 Å². The third-order valence-electron chi connectivity index (χ3n) is 2.08. The van der Waals surface area contributed by atoms with Gasteiger partial charge < -0.3 is 0 Å². The molecule has 0 radical (unpaired) electrons. The highest BCUT2D eigenvalue weighted by Crippen LogP contribution is 2.26. The summed E-state index contributed by atoms with van der Waals surface area (Å²) in [5.41, 5.74) is 3.82. The van der Waals surface area contributed by atoms with Gasteiger partial charge in [-0.25, -0.2) is 0 Å². The standard InChI is InChI=1S/C10H11NS/c1-6-4-7(2)10-9(5-6)8(3)11-12-10/h4-5H,1-3H3. The van der Waals surface area contributed by atoms with E-state index in [1.54, 1.807) is 11.5 Å². The van der Waals surface area contributed by atoms with Crippen molar-refractivity contribution in [1.82, 2.24) is 4.37 Å². The van der Waals surface area contributed by atoms with Crippen molar-refractivity contribution in [2.24, 2.45) is 0 Å². The first-order valence-electron chi connectivity index (χ1n) is 4.02. The summed E-state index contributed by atoms with van der Waals surface area (Å²) in [4.78, 5) is 0. The zero-order valence-corrected chi connectivity index (χ0v) is 8.33. The van der Waals surface area contributed by atoms with Crippen molar-refractivity contribution in [3.05, 3.63) is 29.0 Å². The Labute approximate surface area is 76.2 Å². The van der Waals surface area contributed by atoms with Gasteiger partial charge >= 0.3 is 0 Å². The molecule has 0 fully saturated rings. The molecule has 1 aromatic heterocycles. The Balaban J connectivity index is 2.92. The third kappa shape index (κ3) is 1.03. The van der Waals surface area contributed by atoms with Crippen LogP contribution >= 0.6 is 11.5 Å². The molecule has 0 aliphatic carbocycles. The number of aromatic nitrogens is 1. The van der Waals surface area contributed by atoms with E-state index in [1.807, 2.05) is 0 Å². The molecule has 1 heterocycles. The number of benzene rings is 1. The van der Waals surface area contributed by atoms with E-state index in [-0.39, 0.29) is 0 Å². The van der Waals surface area contributed by atoms with Crippen LogP contribution in [0, 0.1) is 20.8 Å². The first-order valence-corrected chi connectivity index (χ1v) is 4.79. The van der Waals surface area contributed by atoms with Crippen LogP contribution in [0.2, 0.25) is 0 Å². The molecule has 2 heteroatoms. The molecule has 1 aromatic carbocycles. The highest BCUT2D eigenvalue weighted by molar-refractivity contribution is 7.13. The fourth-order valence-corrected chi connectivity index (χ4v) is 2.34. The van der Waals surface area contributed by atoms with Crippen molar-refractivity contribution in [3.8, 4) is 0 Å². The van der Waals surface area contributed by atoms with E-state index in [0.717, 1.165) is 5.69 Å². The number of hydrogen-bond acceptors (Lipinski definition) is 2. The van der Waals surface area contributed by atoms with Crippen LogP contribution in [0.25, 0.3) is 10.1 Å². The molecule has 0 bridgehead atoms. The summed E-state index contributed by atoms with van der Waals surface area (Å²) in [6.45, 7) is 6.34. The maximum absolute atomic E-state index is 4.34. The molecule has 62 valence electrons. The Morgan fingerprint density at radius 1 is 1.17 bits per heavy atom. The van der Waals surface area contributed by atoms with Crippen molar-refractivity contribution in [3.63, 3.8) is 0 Å². The zero-order valence-electron chi connectivity index (χ0n) is 7.51. The second kappa shape index (κ2) is 2.56. The molecule has 2 aromatic rings. The summed E-state index contributed by atoms with van der Waals surface area (Å²) >= 11 is 1.60. The Morgan fingerprint density at radius 3 is 2.67 bits per heavy atom. The van der Waals surface area contributed by atoms with Gasteiger partial charge in [-0.2, -0.15) is 4.37 Å². The van der Waals surface area contributed by atoms with Gasteiger partial charge in [0.2, 0.25) is 0 Å². The van der Waals surface area contributed by atoms with Crippen LogP contribution in [0.1, 0.15) is 16.8 Å². The maximum Gasteiger partial charge on any atom is 0.0590 e. The van der Waals surface area contributed by atoms with E-state index in [0.29, 0.717) is 0 Å². The molecular formula is C10H11NS. The number of aryl methyl sites for hydroxylation is 3. The topological polar surface area (TPSA) is 12.9 Å². The van der Waals surface area contributed by atoms with Gasteiger partial charge in [0.25, 0.3) is 0 Å². The third-order valence-corrected chi connectivity index (χ3v) is 3.17. The fourth-order valence-electron chi connectivity index (χ4n) is 1.51. The summed E-state index contributed by atoms with van der Waals surface area (Å²) in [6.07, 6.45) is 0. The predicted molar refractivity (Wildman–Crippen MR) is 53.8 cm³/mol. The van der Waals surface area contributed by atoms with Gasteiger partial charge in [0, 0.05) is 5.39 Å². The molecule has 0 aliphatic rings. The highest BCUT2D eigenvalue weighted by Gasteiger charge is 2.04. The Bertz CT molecular complexity index is 429. The van der Waals surface area contributed by atoms with Crippen molar-refractivity contribution < 1.29 is 0 Å². The first-order chi connectivity index (χ1) is 5.68. The summed E-state index contributed by atoms with van der Waals surface area (Å²) in [5.74, 6) is 0. The van der Waals surface area contributed by atoms with E-state index in [1.165, 1.54) is 21.2 Å². The molecule has 0 amide bonds. The lowest BCUT2D eigenvalue weighted by atomic mass is 10.1. The number of hydrogen-bond donors (Lipinski definition) is 0. The second-order valence-corrected chi connectivity index (χ2v) is 4.00. The van der Waals surface area contributed by atoms with Crippen LogP contribution in [-0.2, 0) is 0 Å². The quantitative estimate of drug-likeness (QED) is 0.602. The molecule has 0 unspecified atom stereocenters. The molecule has 0 saturated carbocycles. The normalized spacial score (nSPS) is 10.9. The minimum Gasteiger partial charge on any atom is -0.197 e. The van der Waals surface area contributed by atoms with E-state index in [9.17, 15) is 0 Å². The van der Waals surface area contributed by atoms with Crippen molar-refractivity contribution in [1.29, 1.82) is 0 Å². The molecule has 0 atom stereocenters. The summed E-state index contributed by atoms with van der Waals surface area (Å²) in [6, 6.07) is 4.42. The summed E-state index contributed by atoms with van der Waals surface area (Å²) < 4.78 is 5.67. The molecule has 0 aliphatic heterocycles. The highest BCUT2D eigenvalue weighted by atomic mass is 32.1. The van der Waals surface area contributed by atoms with Crippen molar-refractivity contribution in [2.75, 3.05) is 0 Å². The Kier molecular flexibility index (Phi) is 1.65. The average molecular weight is 177 g/mol. The molecule has 0 saturated heterocycles. The van der Waals surface area contributed by atoms with Crippen LogP contribution in [0.5, 0.6) is 0 Å². The van der Waals surface area contributed by atoms with Crippen LogP contribution in [0.3, 0.4) is 0 Å². The predicted octanol–water partition coefficient (Wildman–Crippen LogP) is 3.22. The van der Waals surface area contributed by atoms with E-state index < -0.39 is 0 Å². The SMILES string of the molecule is Cc1cc(C)c2snc(C)c2c1. The summed E-state index contributed by atoms with van der Waals surface area (Å²) in [7, 11) is 0. The van der Waals surface area contributed by atoms with E-state index >= 15 is 0 Å². The minimum absolute atomic E-state index is 1.15. The summed E-state index contributed by atoms with van der Waals surface area (Å²) in [5, 5.41) is 1.32. The lowest BCUT2D eigenvalue weighted by molar-refractivity contribution is 1.36. The molecule has 2 rings (SSSR count). The minimum atomic E-state index is 1.15.